The van der Waals surface area contributed by atoms with Gasteiger partial charge in [0.15, 0.2) is 0 Å². The fraction of sp³-hybridized carbons (Fsp3) is 0.0645. The number of nitrogens with one attached hydrogen (secondary N) is 2. The number of fused-ring (bicyclic) bond motifs is 1. The van der Waals surface area contributed by atoms with E-state index in [4.69, 9.17) is 14.2 Å². The fourth-order valence-electron chi connectivity index (χ4n) is 4.33. The van der Waals surface area contributed by atoms with Crippen LogP contribution in [0.1, 0.15) is 26.4 Å². The number of carbonyl (C=O) groups is 2. The molecule has 2 N–H and O–H groups in total. The van der Waals surface area contributed by atoms with Crippen molar-refractivity contribution in [1.82, 2.24) is 10.4 Å². The van der Waals surface area contributed by atoms with Gasteiger partial charge >= 0.3 is 5.97 Å². The summed E-state index contributed by atoms with van der Waals surface area (Å²) in [4.78, 5) is 29.4. The molecule has 0 spiro atoms. The third-order valence-electron chi connectivity index (χ3n) is 6.23. The lowest BCUT2D eigenvalue weighted by Gasteiger charge is -2.09. The van der Waals surface area contributed by atoms with Crippen LogP contribution in [0.3, 0.4) is 0 Å². The zero-order valence-electron chi connectivity index (χ0n) is 21.9. The second kappa shape index (κ2) is 12.4. The highest BCUT2D eigenvalue weighted by Crippen LogP contribution is 2.42. The van der Waals surface area contributed by atoms with Gasteiger partial charge in [0.1, 0.15) is 22.9 Å². The first-order valence-corrected chi connectivity index (χ1v) is 13.9. The summed E-state index contributed by atoms with van der Waals surface area (Å²) in [6.07, 6.45) is 1.42. The molecule has 1 amide bonds. The van der Waals surface area contributed by atoms with Gasteiger partial charge in [0, 0.05) is 20.1 Å². The molecule has 0 atom stereocenters. The molecule has 206 valence electrons. The molecule has 4 aromatic carbocycles. The minimum Gasteiger partial charge on any atom is -0.496 e. The van der Waals surface area contributed by atoms with E-state index in [0.717, 1.165) is 14.5 Å². The number of hydrazone groups is 1. The summed E-state index contributed by atoms with van der Waals surface area (Å²) in [5.74, 6) is 0.427. The maximum atomic E-state index is 13.5. The lowest BCUT2D eigenvalue weighted by Crippen LogP contribution is -2.19. The van der Waals surface area contributed by atoms with E-state index in [1.165, 1.54) is 6.21 Å². The number of benzene rings is 4. The van der Waals surface area contributed by atoms with Crippen LogP contribution in [0.4, 0.5) is 0 Å². The topological polar surface area (TPSA) is 102 Å². The van der Waals surface area contributed by atoms with Gasteiger partial charge in [-0.3, -0.25) is 4.79 Å². The van der Waals surface area contributed by atoms with Crippen LogP contribution in [0, 0.1) is 0 Å². The SMILES string of the molecule is COc1ccc(OC)c2c(-c3ccccc3)c(C(=O)NN=Cc3cc(Br)ccc3OC(=O)c3ccc(Br)cc3)[nH]c12. The van der Waals surface area contributed by atoms with Crippen molar-refractivity contribution in [2.75, 3.05) is 14.2 Å². The van der Waals surface area contributed by atoms with E-state index >= 15 is 0 Å². The molecule has 5 rings (SSSR count). The van der Waals surface area contributed by atoms with Crippen molar-refractivity contribution in [1.29, 1.82) is 0 Å². The van der Waals surface area contributed by atoms with Crippen molar-refractivity contribution >= 4 is 60.9 Å². The van der Waals surface area contributed by atoms with E-state index in [1.54, 1.807) is 68.8 Å². The summed E-state index contributed by atoms with van der Waals surface area (Å²) in [5, 5.41) is 4.89. The summed E-state index contributed by atoms with van der Waals surface area (Å²) >= 11 is 6.79. The molecule has 8 nitrogen and oxygen atoms in total. The van der Waals surface area contributed by atoms with Gasteiger partial charge in [0.25, 0.3) is 5.91 Å². The molecule has 1 heterocycles. The maximum absolute atomic E-state index is 13.5. The number of hydrogen-bond acceptors (Lipinski definition) is 6. The second-order valence-corrected chi connectivity index (χ2v) is 10.6. The summed E-state index contributed by atoms with van der Waals surface area (Å²) < 4.78 is 18.4. The van der Waals surface area contributed by atoms with Crippen molar-refractivity contribution < 1.29 is 23.8 Å². The minimum atomic E-state index is -0.521. The van der Waals surface area contributed by atoms with Crippen LogP contribution in [0.25, 0.3) is 22.0 Å². The zero-order valence-corrected chi connectivity index (χ0v) is 25.1. The summed E-state index contributed by atoms with van der Waals surface area (Å²) in [5.41, 5.74) is 5.82. The Kier molecular flexibility index (Phi) is 8.51. The van der Waals surface area contributed by atoms with Crippen LogP contribution in [0.5, 0.6) is 17.2 Å². The van der Waals surface area contributed by atoms with Crippen LogP contribution in [-0.4, -0.2) is 37.3 Å². The Morgan fingerprint density at radius 1 is 0.829 bits per heavy atom. The van der Waals surface area contributed by atoms with Gasteiger partial charge in [-0.15, -0.1) is 0 Å². The van der Waals surface area contributed by atoms with E-state index in [-0.39, 0.29) is 11.4 Å². The van der Waals surface area contributed by atoms with Gasteiger partial charge in [0.2, 0.25) is 0 Å². The summed E-state index contributed by atoms with van der Waals surface area (Å²) in [6.45, 7) is 0. The number of hydrogen-bond donors (Lipinski definition) is 2. The van der Waals surface area contributed by atoms with E-state index in [1.807, 2.05) is 30.3 Å². The number of halogens is 2. The van der Waals surface area contributed by atoms with Crippen LogP contribution < -0.4 is 19.6 Å². The van der Waals surface area contributed by atoms with Crippen molar-refractivity contribution in [2.45, 2.75) is 0 Å². The van der Waals surface area contributed by atoms with Crippen molar-refractivity contribution in [3.05, 3.63) is 111 Å². The maximum Gasteiger partial charge on any atom is 0.343 e. The quantitative estimate of drug-likeness (QED) is 0.0774. The van der Waals surface area contributed by atoms with Gasteiger partial charge in [0.05, 0.1) is 36.9 Å². The largest absolute Gasteiger partial charge is 0.496 e. The number of ether oxygens (including phenoxy) is 3. The van der Waals surface area contributed by atoms with E-state index in [9.17, 15) is 9.59 Å². The molecule has 0 unspecified atom stereocenters. The Balaban J connectivity index is 1.46. The molecular formula is C31H23Br2N3O5. The summed E-state index contributed by atoms with van der Waals surface area (Å²) in [7, 11) is 3.14. The molecule has 0 aliphatic heterocycles. The number of aromatic nitrogens is 1. The number of carbonyl (C=O) groups excluding carboxylic acids is 2. The molecule has 1 aromatic heterocycles. The molecular weight excluding hydrogens is 654 g/mol. The van der Waals surface area contributed by atoms with Crippen molar-refractivity contribution in [2.24, 2.45) is 5.10 Å². The molecule has 10 heteroatoms. The van der Waals surface area contributed by atoms with Crippen molar-refractivity contribution in [3.8, 4) is 28.4 Å². The second-order valence-electron chi connectivity index (χ2n) is 8.74. The normalized spacial score (nSPS) is 11.0. The minimum absolute atomic E-state index is 0.280. The lowest BCUT2D eigenvalue weighted by molar-refractivity contribution is 0.0734. The molecule has 0 saturated carbocycles. The summed E-state index contributed by atoms with van der Waals surface area (Å²) in [6, 6.07) is 25.0. The Labute approximate surface area is 252 Å². The first-order valence-electron chi connectivity index (χ1n) is 12.3. The third kappa shape index (κ3) is 6.03. The highest BCUT2D eigenvalue weighted by molar-refractivity contribution is 9.10. The number of methoxy groups -OCH3 is 2. The smallest absolute Gasteiger partial charge is 0.343 e. The monoisotopic (exact) mass is 675 g/mol. The average molecular weight is 677 g/mol. The average Bonchev–Trinajstić information content (AvgIpc) is 3.40. The number of aromatic amines is 1. The molecule has 0 fully saturated rings. The molecule has 0 bridgehead atoms. The zero-order chi connectivity index (χ0) is 28.9. The van der Waals surface area contributed by atoms with Crippen molar-refractivity contribution in [3.63, 3.8) is 0 Å². The predicted octanol–water partition coefficient (Wildman–Crippen LogP) is 7.36. The number of H-pyrrole nitrogens is 1. The fourth-order valence-corrected chi connectivity index (χ4v) is 4.97. The van der Waals surface area contributed by atoms with E-state index < -0.39 is 11.9 Å². The van der Waals surface area contributed by atoms with Crippen LogP contribution in [0.15, 0.2) is 99.0 Å². The Morgan fingerprint density at radius 2 is 1.49 bits per heavy atom. The highest BCUT2D eigenvalue weighted by atomic mass is 79.9. The Morgan fingerprint density at radius 3 is 2.20 bits per heavy atom. The third-order valence-corrected chi connectivity index (χ3v) is 7.25. The van der Waals surface area contributed by atoms with Gasteiger partial charge in [-0.25, -0.2) is 10.2 Å². The number of nitrogens with zero attached hydrogens (tertiary/aromatic N) is 1. The van der Waals surface area contributed by atoms with Gasteiger partial charge in [-0.2, -0.15) is 5.10 Å². The first kappa shape index (κ1) is 28.1. The molecule has 0 aliphatic carbocycles. The molecule has 5 aromatic rings. The Bertz CT molecular complexity index is 1770. The number of amides is 1. The predicted molar refractivity (Wildman–Crippen MR) is 165 cm³/mol. The van der Waals surface area contributed by atoms with E-state index in [2.05, 4.69) is 47.4 Å². The molecule has 0 aliphatic rings. The van der Waals surface area contributed by atoms with E-state index in [0.29, 0.717) is 39.1 Å². The molecule has 41 heavy (non-hydrogen) atoms. The first-order chi connectivity index (χ1) is 19.9. The van der Waals surface area contributed by atoms with Crippen LogP contribution >= 0.6 is 31.9 Å². The lowest BCUT2D eigenvalue weighted by atomic mass is 10.0. The van der Waals surface area contributed by atoms with Gasteiger partial charge in [-0.1, -0.05) is 62.2 Å². The molecule has 0 saturated heterocycles. The highest BCUT2D eigenvalue weighted by Gasteiger charge is 2.24. The van der Waals surface area contributed by atoms with Crippen LogP contribution in [-0.2, 0) is 0 Å². The Hall–Kier alpha value is -4.41. The number of esters is 1. The van der Waals surface area contributed by atoms with Gasteiger partial charge in [-0.05, 0) is 60.2 Å². The number of rotatable bonds is 8. The van der Waals surface area contributed by atoms with Crippen LogP contribution in [0.2, 0.25) is 0 Å². The molecule has 0 radical (unpaired) electrons. The standard InChI is InChI=1S/C31H23Br2N3O5/c1-39-24-14-15-25(40-2)28-27(24)26(18-6-4-3-5-7-18)29(35-28)30(37)36-34-17-20-16-22(33)12-13-23(20)41-31(38)19-8-10-21(32)11-9-19/h3-17,35H,1-2H3,(H,36,37). The van der Waals surface area contributed by atoms with Gasteiger partial charge < -0.3 is 19.2 Å².